The second kappa shape index (κ2) is 8.01. The minimum Gasteiger partial charge on any atom is -0.497 e. The van der Waals surface area contributed by atoms with E-state index < -0.39 is 10.0 Å². The van der Waals surface area contributed by atoms with Crippen LogP contribution >= 0.6 is 12.4 Å². The van der Waals surface area contributed by atoms with Gasteiger partial charge in [0.15, 0.2) is 0 Å². The molecule has 1 aromatic carbocycles. The summed E-state index contributed by atoms with van der Waals surface area (Å²) in [5.41, 5.74) is 5.36. The molecule has 0 unspecified atom stereocenters. The molecule has 0 heterocycles. The van der Waals surface area contributed by atoms with Crippen LogP contribution in [0.15, 0.2) is 23.1 Å². The van der Waals surface area contributed by atoms with Crippen molar-refractivity contribution in [3.63, 3.8) is 0 Å². The molecular formula is C14H25ClN2O4S. The second-order valence-corrected chi connectivity index (χ2v) is 7.66. The molecule has 128 valence electrons. The van der Waals surface area contributed by atoms with Crippen LogP contribution in [0.2, 0.25) is 0 Å². The van der Waals surface area contributed by atoms with Gasteiger partial charge in [-0.05, 0) is 24.1 Å². The van der Waals surface area contributed by atoms with Crippen molar-refractivity contribution in [3.05, 3.63) is 18.2 Å². The molecule has 0 amide bonds. The third-order valence-electron chi connectivity index (χ3n) is 3.26. The van der Waals surface area contributed by atoms with Gasteiger partial charge in [-0.3, -0.25) is 0 Å². The van der Waals surface area contributed by atoms with Crippen LogP contribution in [-0.4, -0.2) is 47.1 Å². The molecule has 8 heteroatoms. The largest absolute Gasteiger partial charge is 0.497 e. The predicted molar refractivity (Wildman–Crippen MR) is 89.4 cm³/mol. The number of hydrogen-bond donors (Lipinski definition) is 1. The van der Waals surface area contributed by atoms with Gasteiger partial charge in [0.05, 0.1) is 14.2 Å². The third-order valence-corrected chi connectivity index (χ3v) is 5.09. The van der Waals surface area contributed by atoms with Crippen molar-refractivity contribution in [3.8, 4) is 11.5 Å². The van der Waals surface area contributed by atoms with E-state index in [0.29, 0.717) is 18.8 Å². The number of nitrogens with two attached hydrogens (primary N) is 1. The Kier molecular flexibility index (Phi) is 7.64. The van der Waals surface area contributed by atoms with Crippen molar-refractivity contribution in [1.29, 1.82) is 0 Å². The zero-order valence-corrected chi connectivity index (χ0v) is 15.3. The van der Waals surface area contributed by atoms with Crippen molar-refractivity contribution >= 4 is 22.4 Å². The van der Waals surface area contributed by atoms with Crippen molar-refractivity contribution < 1.29 is 17.9 Å². The van der Waals surface area contributed by atoms with Crippen LogP contribution in [0.3, 0.4) is 0 Å². The molecule has 1 aromatic rings. The maximum atomic E-state index is 12.7. The highest BCUT2D eigenvalue weighted by Gasteiger charge is 2.29. The minimum atomic E-state index is -3.68. The number of sulfonamides is 1. The lowest BCUT2D eigenvalue weighted by Gasteiger charge is -2.28. The molecule has 0 aliphatic heterocycles. The van der Waals surface area contributed by atoms with Gasteiger partial charge in [-0.25, -0.2) is 12.7 Å². The van der Waals surface area contributed by atoms with Gasteiger partial charge in [-0.2, -0.15) is 0 Å². The maximum Gasteiger partial charge on any atom is 0.246 e. The number of ether oxygens (including phenoxy) is 2. The number of hydrogen-bond acceptors (Lipinski definition) is 5. The van der Waals surface area contributed by atoms with Crippen molar-refractivity contribution in [2.24, 2.45) is 11.1 Å². The topological polar surface area (TPSA) is 81.9 Å². The zero-order chi connectivity index (χ0) is 16.3. The Balaban J connectivity index is 0.00000441. The number of rotatable bonds is 7. The first kappa shape index (κ1) is 21.0. The van der Waals surface area contributed by atoms with Crippen LogP contribution in [-0.2, 0) is 10.0 Å². The van der Waals surface area contributed by atoms with E-state index in [1.165, 1.54) is 31.6 Å². The van der Waals surface area contributed by atoms with Crippen molar-refractivity contribution in [2.75, 3.05) is 34.4 Å². The average molecular weight is 353 g/mol. The third kappa shape index (κ3) is 4.74. The first-order valence-corrected chi connectivity index (χ1v) is 8.00. The summed E-state index contributed by atoms with van der Waals surface area (Å²) in [6, 6.07) is 4.69. The fraction of sp³-hybridized carbons (Fsp3) is 0.571. The van der Waals surface area contributed by atoms with Gasteiger partial charge in [0.2, 0.25) is 10.0 Å². The van der Waals surface area contributed by atoms with E-state index in [0.717, 1.165) is 0 Å². The monoisotopic (exact) mass is 352 g/mol. The molecule has 0 aliphatic carbocycles. The van der Waals surface area contributed by atoms with Gasteiger partial charge in [-0.15, -0.1) is 12.4 Å². The van der Waals surface area contributed by atoms with Gasteiger partial charge in [0.25, 0.3) is 0 Å². The first-order chi connectivity index (χ1) is 9.67. The summed E-state index contributed by atoms with van der Waals surface area (Å²) in [5.74, 6) is 0.745. The average Bonchev–Trinajstić information content (AvgIpc) is 2.45. The Hall–Kier alpha value is -1.02. The number of halogens is 1. The molecule has 0 aromatic heterocycles. The van der Waals surface area contributed by atoms with Crippen LogP contribution in [0, 0.1) is 5.41 Å². The first-order valence-electron chi connectivity index (χ1n) is 6.56. The molecule has 0 saturated heterocycles. The molecule has 6 nitrogen and oxygen atoms in total. The van der Waals surface area contributed by atoms with Gasteiger partial charge in [0.1, 0.15) is 16.4 Å². The summed E-state index contributed by atoms with van der Waals surface area (Å²) in [4.78, 5) is 0.0830. The Morgan fingerprint density at radius 1 is 1.23 bits per heavy atom. The summed E-state index contributed by atoms with van der Waals surface area (Å²) in [5, 5.41) is 0. The molecule has 0 atom stereocenters. The van der Waals surface area contributed by atoms with E-state index in [2.05, 4.69) is 0 Å². The van der Waals surface area contributed by atoms with Crippen LogP contribution < -0.4 is 15.2 Å². The minimum absolute atomic E-state index is 0. The van der Waals surface area contributed by atoms with Gasteiger partial charge >= 0.3 is 0 Å². The van der Waals surface area contributed by atoms with E-state index in [1.807, 2.05) is 13.8 Å². The molecule has 0 saturated carbocycles. The van der Waals surface area contributed by atoms with Crippen molar-refractivity contribution in [1.82, 2.24) is 4.31 Å². The van der Waals surface area contributed by atoms with E-state index in [1.54, 1.807) is 12.1 Å². The molecule has 2 N–H and O–H groups in total. The number of methoxy groups -OCH3 is 2. The Morgan fingerprint density at radius 2 is 1.82 bits per heavy atom. The normalized spacial score (nSPS) is 12.0. The Bertz CT molecular complexity index is 591. The molecular weight excluding hydrogens is 328 g/mol. The van der Waals surface area contributed by atoms with Crippen LogP contribution in [0.4, 0.5) is 0 Å². The van der Waals surface area contributed by atoms with Crippen LogP contribution in [0.5, 0.6) is 11.5 Å². The van der Waals surface area contributed by atoms with Gasteiger partial charge in [0, 0.05) is 19.7 Å². The maximum absolute atomic E-state index is 12.7. The van der Waals surface area contributed by atoms with Crippen LogP contribution in [0.25, 0.3) is 0 Å². The summed E-state index contributed by atoms with van der Waals surface area (Å²) >= 11 is 0. The highest BCUT2D eigenvalue weighted by Crippen LogP contribution is 2.31. The Labute approximate surface area is 139 Å². The SMILES string of the molecule is COc1ccc(OC)c(S(=O)(=O)N(C)CC(C)(C)CN)c1.Cl. The number of benzene rings is 1. The molecule has 0 fully saturated rings. The quantitative estimate of drug-likeness (QED) is 0.808. The lowest BCUT2D eigenvalue weighted by atomic mass is 9.94. The molecule has 1 rings (SSSR count). The summed E-state index contributed by atoms with van der Waals surface area (Å²) in [6.07, 6.45) is 0. The highest BCUT2D eigenvalue weighted by atomic mass is 35.5. The molecule has 22 heavy (non-hydrogen) atoms. The molecule has 0 aliphatic rings. The molecule has 0 radical (unpaired) electrons. The summed E-state index contributed by atoms with van der Waals surface area (Å²) < 4.78 is 37.0. The smallest absolute Gasteiger partial charge is 0.246 e. The lowest BCUT2D eigenvalue weighted by Crippen LogP contribution is -2.39. The van der Waals surface area contributed by atoms with Crippen LogP contribution in [0.1, 0.15) is 13.8 Å². The standard InChI is InChI=1S/C14H24N2O4S.ClH/c1-14(2,9-15)10-16(3)21(17,18)13-8-11(19-4)6-7-12(13)20-5;/h6-8H,9-10,15H2,1-5H3;1H. The van der Waals surface area contributed by atoms with E-state index in [4.69, 9.17) is 15.2 Å². The molecule has 0 bridgehead atoms. The lowest BCUT2D eigenvalue weighted by molar-refractivity contribution is 0.291. The summed E-state index contributed by atoms with van der Waals surface area (Å²) in [6.45, 7) is 4.54. The summed E-state index contributed by atoms with van der Waals surface area (Å²) in [7, 11) is 0.769. The van der Waals surface area contributed by atoms with Gasteiger partial charge < -0.3 is 15.2 Å². The molecule has 0 spiro atoms. The second-order valence-electron chi connectivity index (χ2n) is 5.65. The fourth-order valence-electron chi connectivity index (χ4n) is 1.91. The van der Waals surface area contributed by atoms with E-state index in [-0.39, 0.29) is 28.5 Å². The van der Waals surface area contributed by atoms with E-state index >= 15 is 0 Å². The zero-order valence-electron chi connectivity index (χ0n) is 13.6. The van der Waals surface area contributed by atoms with Crippen molar-refractivity contribution in [2.45, 2.75) is 18.7 Å². The highest BCUT2D eigenvalue weighted by molar-refractivity contribution is 7.89. The fourth-order valence-corrected chi connectivity index (χ4v) is 3.43. The predicted octanol–water partition coefficient (Wildman–Crippen LogP) is 1.73. The Morgan fingerprint density at radius 3 is 2.27 bits per heavy atom. The number of nitrogens with zero attached hydrogens (tertiary/aromatic N) is 1. The van der Waals surface area contributed by atoms with Gasteiger partial charge in [-0.1, -0.05) is 13.8 Å². The van der Waals surface area contributed by atoms with E-state index in [9.17, 15) is 8.42 Å².